The fraction of sp³-hybridized carbons (Fsp3) is 0.318. The van der Waals surface area contributed by atoms with Gasteiger partial charge < -0.3 is 10.1 Å². The van der Waals surface area contributed by atoms with Crippen LogP contribution < -0.4 is 5.32 Å². The van der Waals surface area contributed by atoms with Crippen LogP contribution in [0.5, 0.6) is 0 Å². The lowest BCUT2D eigenvalue weighted by molar-refractivity contribution is 0.0378. The largest absolute Gasteiger partial charge is 0.379 e. The van der Waals surface area contributed by atoms with Crippen LogP contribution >= 0.6 is 11.6 Å². The Morgan fingerprint density at radius 3 is 2.62 bits per heavy atom. The van der Waals surface area contributed by atoms with Gasteiger partial charge in [-0.15, -0.1) is 0 Å². The van der Waals surface area contributed by atoms with Crippen LogP contribution in [0.1, 0.15) is 6.42 Å². The second-order valence-electron chi connectivity index (χ2n) is 6.94. The second-order valence-corrected chi connectivity index (χ2v) is 7.38. The first-order valence-corrected chi connectivity index (χ1v) is 10.3. The van der Waals surface area contributed by atoms with Crippen molar-refractivity contribution >= 4 is 17.4 Å². The molecule has 3 aromatic rings. The summed E-state index contributed by atoms with van der Waals surface area (Å²) in [4.78, 5) is 16.1. The van der Waals surface area contributed by atoms with Crippen LogP contribution in [0.15, 0.2) is 54.9 Å². The molecule has 0 spiro atoms. The molecular weight excluding hydrogens is 386 g/mol. The summed E-state index contributed by atoms with van der Waals surface area (Å²) in [6, 6.07) is 13.5. The van der Waals surface area contributed by atoms with Crippen molar-refractivity contribution in [3.8, 4) is 22.6 Å². The van der Waals surface area contributed by atoms with Gasteiger partial charge in [-0.1, -0.05) is 23.7 Å². The number of nitrogens with zero attached hydrogens (tertiary/aromatic N) is 4. The van der Waals surface area contributed by atoms with Gasteiger partial charge in [0.2, 0.25) is 0 Å². The third kappa shape index (κ3) is 5.50. The van der Waals surface area contributed by atoms with E-state index in [1.807, 2.05) is 42.5 Å². The molecule has 0 atom stereocenters. The van der Waals surface area contributed by atoms with E-state index in [9.17, 15) is 0 Å². The van der Waals surface area contributed by atoms with Crippen molar-refractivity contribution in [2.45, 2.75) is 6.42 Å². The highest BCUT2D eigenvalue weighted by Gasteiger charge is 2.11. The van der Waals surface area contributed by atoms with E-state index >= 15 is 0 Å². The minimum Gasteiger partial charge on any atom is -0.379 e. The zero-order valence-corrected chi connectivity index (χ0v) is 17.0. The van der Waals surface area contributed by atoms with Gasteiger partial charge in [0.05, 0.1) is 18.9 Å². The molecule has 0 amide bonds. The summed E-state index contributed by atoms with van der Waals surface area (Å²) in [6.45, 7) is 5.59. The van der Waals surface area contributed by atoms with Crippen molar-refractivity contribution in [1.82, 2.24) is 19.9 Å². The Labute approximate surface area is 175 Å². The summed E-state index contributed by atoms with van der Waals surface area (Å²) in [7, 11) is 0. The number of hydrogen-bond donors (Lipinski definition) is 1. The van der Waals surface area contributed by atoms with Gasteiger partial charge in [0.25, 0.3) is 0 Å². The van der Waals surface area contributed by atoms with E-state index in [0.717, 1.165) is 68.5 Å². The maximum Gasteiger partial charge on any atom is 0.163 e. The highest BCUT2D eigenvalue weighted by atomic mass is 35.5. The van der Waals surface area contributed by atoms with E-state index in [2.05, 4.69) is 15.2 Å². The van der Waals surface area contributed by atoms with Crippen molar-refractivity contribution in [3.05, 3.63) is 59.9 Å². The molecule has 1 aromatic carbocycles. The normalized spacial score (nSPS) is 14.7. The molecule has 0 unspecified atom stereocenters. The molecule has 2 aromatic heterocycles. The van der Waals surface area contributed by atoms with E-state index < -0.39 is 0 Å². The lowest BCUT2D eigenvalue weighted by atomic mass is 10.1. The molecule has 1 N–H and O–H groups in total. The number of benzene rings is 1. The zero-order chi connectivity index (χ0) is 19.9. The Morgan fingerprint density at radius 2 is 1.86 bits per heavy atom. The molecule has 150 valence electrons. The molecule has 0 bridgehead atoms. The van der Waals surface area contributed by atoms with Crippen molar-refractivity contribution in [3.63, 3.8) is 0 Å². The van der Waals surface area contributed by atoms with Gasteiger partial charge >= 0.3 is 0 Å². The van der Waals surface area contributed by atoms with Crippen LogP contribution in [0, 0.1) is 0 Å². The summed E-state index contributed by atoms with van der Waals surface area (Å²) in [5, 5.41) is 4.17. The Balaban J connectivity index is 1.50. The summed E-state index contributed by atoms with van der Waals surface area (Å²) < 4.78 is 5.41. The summed E-state index contributed by atoms with van der Waals surface area (Å²) in [5.74, 6) is 1.46. The van der Waals surface area contributed by atoms with Gasteiger partial charge in [0.1, 0.15) is 5.82 Å². The van der Waals surface area contributed by atoms with Gasteiger partial charge in [-0.25, -0.2) is 9.97 Å². The highest BCUT2D eigenvalue weighted by molar-refractivity contribution is 6.30. The molecule has 0 saturated carbocycles. The molecule has 4 rings (SSSR count). The van der Waals surface area contributed by atoms with Crippen molar-refractivity contribution < 1.29 is 4.74 Å². The number of anilines is 1. The number of ether oxygens (including phenoxy) is 1. The smallest absolute Gasteiger partial charge is 0.163 e. The van der Waals surface area contributed by atoms with E-state index in [4.69, 9.17) is 26.3 Å². The number of pyridine rings is 1. The average molecular weight is 410 g/mol. The maximum atomic E-state index is 6.04. The fourth-order valence-electron chi connectivity index (χ4n) is 3.27. The standard InChI is InChI=1S/C22H24ClN5O/c23-19-6-4-17(5-7-19)20-15-21(25-9-2-10-28-11-13-29-14-12-28)27-22(26-20)18-3-1-8-24-16-18/h1,3-8,15-16H,2,9-14H2,(H,25,26,27). The predicted octanol–water partition coefficient (Wildman–Crippen LogP) is 3.99. The predicted molar refractivity (Wildman–Crippen MR) is 116 cm³/mol. The van der Waals surface area contributed by atoms with Gasteiger partial charge in [-0.05, 0) is 37.2 Å². The van der Waals surface area contributed by atoms with E-state index in [0.29, 0.717) is 10.8 Å². The Kier molecular flexibility index (Phi) is 6.67. The molecular formula is C22H24ClN5O. The maximum absolute atomic E-state index is 6.04. The van der Waals surface area contributed by atoms with Gasteiger partial charge in [-0.3, -0.25) is 9.88 Å². The fourth-order valence-corrected chi connectivity index (χ4v) is 3.40. The molecule has 1 saturated heterocycles. The minimum absolute atomic E-state index is 0.654. The molecule has 6 nitrogen and oxygen atoms in total. The molecule has 3 heterocycles. The third-order valence-corrected chi connectivity index (χ3v) is 5.10. The zero-order valence-electron chi connectivity index (χ0n) is 16.2. The first kappa shape index (κ1) is 19.8. The van der Waals surface area contributed by atoms with Crippen molar-refractivity contribution in [2.24, 2.45) is 0 Å². The van der Waals surface area contributed by atoms with Crippen molar-refractivity contribution in [1.29, 1.82) is 0 Å². The SMILES string of the molecule is Clc1ccc(-c2cc(NCCCN3CCOCC3)nc(-c3cccnc3)n2)cc1. The first-order valence-electron chi connectivity index (χ1n) is 9.87. The average Bonchev–Trinajstić information content (AvgIpc) is 2.78. The van der Waals surface area contributed by atoms with Crippen LogP contribution in [-0.2, 0) is 4.74 Å². The van der Waals surface area contributed by atoms with Crippen LogP contribution in [0.4, 0.5) is 5.82 Å². The number of halogens is 1. The molecule has 1 aliphatic rings. The Morgan fingerprint density at radius 1 is 1.03 bits per heavy atom. The van der Waals surface area contributed by atoms with E-state index in [-0.39, 0.29) is 0 Å². The third-order valence-electron chi connectivity index (χ3n) is 4.85. The number of aromatic nitrogens is 3. The quantitative estimate of drug-likeness (QED) is 0.595. The molecule has 1 fully saturated rings. The molecule has 7 heteroatoms. The second kappa shape index (κ2) is 9.78. The van der Waals surface area contributed by atoms with Crippen LogP contribution in [0.2, 0.25) is 5.02 Å². The van der Waals surface area contributed by atoms with Gasteiger partial charge in [-0.2, -0.15) is 0 Å². The molecule has 29 heavy (non-hydrogen) atoms. The Bertz CT molecular complexity index is 914. The van der Waals surface area contributed by atoms with Crippen LogP contribution in [0.3, 0.4) is 0 Å². The van der Waals surface area contributed by atoms with Crippen molar-refractivity contribution in [2.75, 3.05) is 44.7 Å². The van der Waals surface area contributed by atoms with Crippen LogP contribution in [0.25, 0.3) is 22.6 Å². The van der Waals surface area contributed by atoms with Gasteiger partial charge in [0.15, 0.2) is 5.82 Å². The van der Waals surface area contributed by atoms with E-state index in [1.54, 1.807) is 12.4 Å². The highest BCUT2D eigenvalue weighted by Crippen LogP contribution is 2.25. The lowest BCUT2D eigenvalue weighted by Crippen LogP contribution is -2.37. The van der Waals surface area contributed by atoms with Crippen LogP contribution in [-0.4, -0.2) is 59.2 Å². The number of nitrogens with one attached hydrogen (secondary N) is 1. The summed E-state index contributed by atoms with van der Waals surface area (Å²) in [6.07, 6.45) is 4.57. The summed E-state index contributed by atoms with van der Waals surface area (Å²) in [5.41, 5.74) is 2.74. The molecule has 0 aliphatic carbocycles. The van der Waals surface area contributed by atoms with Gasteiger partial charge in [0, 0.05) is 54.2 Å². The lowest BCUT2D eigenvalue weighted by Gasteiger charge is -2.26. The monoisotopic (exact) mass is 409 g/mol. The molecule has 1 aliphatic heterocycles. The number of rotatable bonds is 7. The topological polar surface area (TPSA) is 63.2 Å². The molecule has 0 radical (unpaired) electrons. The minimum atomic E-state index is 0.654. The summed E-state index contributed by atoms with van der Waals surface area (Å²) >= 11 is 6.04. The number of hydrogen-bond acceptors (Lipinski definition) is 6. The Hall–Kier alpha value is -2.54. The van der Waals surface area contributed by atoms with E-state index in [1.165, 1.54) is 0 Å². The number of morpholine rings is 1. The first-order chi connectivity index (χ1) is 14.3.